The van der Waals surface area contributed by atoms with Crippen LogP contribution in [0.3, 0.4) is 0 Å². The number of nitrogens with two attached hydrogens (primary N) is 1. The van der Waals surface area contributed by atoms with Crippen LogP contribution in [0.2, 0.25) is 0 Å². The van der Waals surface area contributed by atoms with Crippen molar-refractivity contribution in [2.45, 2.75) is 24.7 Å². The fraction of sp³-hybridized carbons (Fsp3) is 0.333. The van der Waals surface area contributed by atoms with Crippen LogP contribution in [0, 0.1) is 0 Å². The molecule has 2 N–H and O–H groups in total. The summed E-state index contributed by atoms with van der Waals surface area (Å²) in [6.45, 7) is 0. The normalized spacial score (nSPS) is 26.9. The third-order valence-electron chi connectivity index (χ3n) is 3.57. The van der Waals surface area contributed by atoms with Gasteiger partial charge in [0.15, 0.2) is 0 Å². The number of hydrogen-bond donors (Lipinski definition) is 1. The highest BCUT2D eigenvalue weighted by atomic mass is 16.5. The summed E-state index contributed by atoms with van der Waals surface area (Å²) in [6.07, 6.45) is 0.938. The monoisotopic (exact) mass is 243 g/mol. The molecule has 0 heterocycles. The molecule has 3 unspecified atom stereocenters. The summed E-state index contributed by atoms with van der Waals surface area (Å²) < 4.78 is 11.2. The Kier molecular flexibility index (Phi) is 2.94. The highest BCUT2D eigenvalue weighted by Crippen LogP contribution is 2.29. The fourth-order valence-electron chi connectivity index (χ4n) is 2.47. The zero-order valence-electron chi connectivity index (χ0n) is 10.4. The molecule has 0 aliphatic heterocycles. The van der Waals surface area contributed by atoms with Crippen molar-refractivity contribution in [2.24, 2.45) is 5.73 Å². The van der Waals surface area contributed by atoms with E-state index in [4.69, 9.17) is 15.2 Å². The Balaban J connectivity index is 1.79. The lowest BCUT2D eigenvalue weighted by Gasteiger charge is -2.41. The minimum Gasteiger partial charge on any atom is -0.488 e. The van der Waals surface area contributed by atoms with Gasteiger partial charge in [-0.05, 0) is 22.9 Å². The lowest BCUT2D eigenvalue weighted by Crippen LogP contribution is -2.59. The Morgan fingerprint density at radius 2 is 1.89 bits per heavy atom. The quantitative estimate of drug-likeness (QED) is 0.899. The maximum atomic E-state index is 5.93. The molecule has 1 aliphatic carbocycles. The second kappa shape index (κ2) is 4.59. The average Bonchev–Trinajstić information content (AvgIpc) is 2.38. The van der Waals surface area contributed by atoms with Gasteiger partial charge < -0.3 is 15.2 Å². The molecule has 3 rings (SSSR count). The van der Waals surface area contributed by atoms with Crippen LogP contribution in [-0.2, 0) is 4.74 Å². The highest BCUT2D eigenvalue weighted by molar-refractivity contribution is 5.83. The Morgan fingerprint density at radius 3 is 2.61 bits per heavy atom. The van der Waals surface area contributed by atoms with E-state index < -0.39 is 0 Å². The van der Waals surface area contributed by atoms with Gasteiger partial charge in [0.25, 0.3) is 0 Å². The van der Waals surface area contributed by atoms with Crippen molar-refractivity contribution in [3.63, 3.8) is 0 Å². The molecule has 94 valence electrons. The Hall–Kier alpha value is -1.58. The number of fused-ring (bicyclic) bond motifs is 1. The van der Waals surface area contributed by atoms with Crippen LogP contribution < -0.4 is 10.5 Å². The number of hydrogen-bond acceptors (Lipinski definition) is 3. The second-order valence-corrected chi connectivity index (χ2v) is 4.77. The van der Waals surface area contributed by atoms with Crippen molar-refractivity contribution in [3.05, 3.63) is 42.5 Å². The summed E-state index contributed by atoms with van der Waals surface area (Å²) in [4.78, 5) is 0. The number of ether oxygens (including phenoxy) is 2. The lowest BCUT2D eigenvalue weighted by molar-refractivity contribution is -0.0781. The molecule has 18 heavy (non-hydrogen) atoms. The molecule has 0 saturated heterocycles. The topological polar surface area (TPSA) is 44.5 Å². The zero-order valence-corrected chi connectivity index (χ0v) is 10.4. The largest absolute Gasteiger partial charge is 0.488 e. The van der Waals surface area contributed by atoms with E-state index in [0.717, 1.165) is 12.2 Å². The smallest absolute Gasteiger partial charge is 0.128 e. The van der Waals surface area contributed by atoms with Crippen molar-refractivity contribution in [1.29, 1.82) is 0 Å². The third kappa shape index (κ3) is 1.96. The van der Waals surface area contributed by atoms with Crippen molar-refractivity contribution in [3.8, 4) is 5.75 Å². The van der Waals surface area contributed by atoms with Crippen LogP contribution in [0.15, 0.2) is 42.5 Å². The van der Waals surface area contributed by atoms with Gasteiger partial charge in [-0.15, -0.1) is 0 Å². The van der Waals surface area contributed by atoms with Gasteiger partial charge in [0.05, 0.1) is 0 Å². The van der Waals surface area contributed by atoms with E-state index in [1.165, 1.54) is 10.8 Å². The molecule has 1 fully saturated rings. The first kappa shape index (κ1) is 11.5. The van der Waals surface area contributed by atoms with Crippen LogP contribution in [0.5, 0.6) is 5.75 Å². The minimum atomic E-state index is 0.0106. The van der Waals surface area contributed by atoms with Gasteiger partial charge in [0.2, 0.25) is 0 Å². The van der Waals surface area contributed by atoms with Gasteiger partial charge in [-0.3, -0.25) is 0 Å². The van der Waals surface area contributed by atoms with Crippen molar-refractivity contribution in [1.82, 2.24) is 0 Å². The molecule has 0 bridgehead atoms. The van der Waals surface area contributed by atoms with Gasteiger partial charge in [-0.25, -0.2) is 0 Å². The molecular weight excluding hydrogens is 226 g/mol. The van der Waals surface area contributed by atoms with Gasteiger partial charge in [0, 0.05) is 19.6 Å². The van der Waals surface area contributed by atoms with Crippen molar-refractivity contribution < 1.29 is 9.47 Å². The summed E-state index contributed by atoms with van der Waals surface area (Å²) in [5.74, 6) is 0.882. The van der Waals surface area contributed by atoms with Crippen LogP contribution in [0.4, 0.5) is 0 Å². The average molecular weight is 243 g/mol. The van der Waals surface area contributed by atoms with Crippen LogP contribution in [0.1, 0.15) is 6.42 Å². The second-order valence-electron chi connectivity index (χ2n) is 4.77. The maximum Gasteiger partial charge on any atom is 0.128 e. The van der Waals surface area contributed by atoms with E-state index in [2.05, 4.69) is 24.3 Å². The number of methoxy groups -OCH3 is 1. The highest BCUT2D eigenvalue weighted by Gasteiger charge is 2.40. The van der Waals surface area contributed by atoms with Crippen LogP contribution in [0.25, 0.3) is 10.8 Å². The van der Waals surface area contributed by atoms with E-state index >= 15 is 0 Å². The first-order valence-corrected chi connectivity index (χ1v) is 6.22. The van der Waals surface area contributed by atoms with Gasteiger partial charge in [0.1, 0.15) is 18.0 Å². The summed E-state index contributed by atoms with van der Waals surface area (Å²) in [5.41, 5.74) is 5.86. The molecule has 3 heteroatoms. The molecule has 2 aromatic rings. The first-order valence-electron chi connectivity index (χ1n) is 6.22. The standard InChI is InChI=1S/C15H17NO2/c1-17-15-13(16)9-14(15)18-12-7-6-10-4-2-3-5-11(10)8-12/h2-8,13-15H,9,16H2,1H3. The summed E-state index contributed by atoms with van der Waals surface area (Å²) in [5, 5.41) is 2.41. The Bertz CT molecular complexity index is 555. The van der Waals surface area contributed by atoms with Gasteiger partial charge >= 0.3 is 0 Å². The zero-order chi connectivity index (χ0) is 12.5. The van der Waals surface area contributed by atoms with Crippen LogP contribution in [-0.4, -0.2) is 25.4 Å². The molecular formula is C15H17NO2. The molecule has 3 nitrogen and oxygen atoms in total. The Morgan fingerprint density at radius 1 is 1.11 bits per heavy atom. The maximum absolute atomic E-state index is 5.93. The third-order valence-corrected chi connectivity index (χ3v) is 3.57. The van der Waals surface area contributed by atoms with Crippen LogP contribution >= 0.6 is 0 Å². The predicted octanol–water partition coefficient (Wildman–Crippen LogP) is 2.33. The molecule has 0 spiro atoms. The molecule has 2 aromatic carbocycles. The van der Waals surface area contributed by atoms with Crippen molar-refractivity contribution >= 4 is 10.8 Å². The van der Waals surface area contributed by atoms with Gasteiger partial charge in [-0.1, -0.05) is 30.3 Å². The SMILES string of the molecule is COC1C(N)CC1Oc1ccc2ccccc2c1. The minimum absolute atomic E-state index is 0.0106. The van der Waals surface area contributed by atoms with E-state index in [9.17, 15) is 0 Å². The fourth-order valence-corrected chi connectivity index (χ4v) is 2.47. The molecule has 0 amide bonds. The number of benzene rings is 2. The molecule has 1 saturated carbocycles. The number of rotatable bonds is 3. The van der Waals surface area contributed by atoms with E-state index in [-0.39, 0.29) is 18.2 Å². The van der Waals surface area contributed by atoms with E-state index in [1.54, 1.807) is 7.11 Å². The molecule has 0 radical (unpaired) electrons. The molecule has 3 atom stereocenters. The van der Waals surface area contributed by atoms with E-state index in [0.29, 0.717) is 0 Å². The predicted molar refractivity (Wildman–Crippen MR) is 71.8 cm³/mol. The first-order chi connectivity index (χ1) is 8.78. The van der Waals surface area contributed by atoms with E-state index in [1.807, 2.05) is 18.2 Å². The Labute approximate surface area is 106 Å². The molecule has 1 aliphatic rings. The summed E-state index contributed by atoms with van der Waals surface area (Å²) in [6, 6.07) is 14.5. The molecule has 0 aromatic heterocycles. The summed E-state index contributed by atoms with van der Waals surface area (Å²) in [7, 11) is 1.68. The lowest BCUT2D eigenvalue weighted by atomic mass is 9.86. The summed E-state index contributed by atoms with van der Waals surface area (Å²) >= 11 is 0. The van der Waals surface area contributed by atoms with Crippen molar-refractivity contribution in [2.75, 3.05) is 7.11 Å². The van der Waals surface area contributed by atoms with Gasteiger partial charge in [-0.2, -0.15) is 0 Å².